The predicted molar refractivity (Wildman–Crippen MR) is 83.9 cm³/mol. The molecule has 0 saturated heterocycles. The number of fused-ring (bicyclic) bond motifs is 1. The van der Waals surface area contributed by atoms with Crippen molar-refractivity contribution in [1.82, 2.24) is 0 Å². The standard InChI is InChI=1S/C15H15Cl2NO5/c1-8(23-13(20)14(2)6-15(14,16)17)12(19)18-9-3-4-10-11(5-9)22-7-21-10/h3-5,8H,6-7H2,1-2H3,(H,18,19)/t8-,14-/m1/s1. The molecule has 2 atom stereocenters. The molecule has 1 saturated carbocycles. The van der Waals surface area contributed by atoms with Gasteiger partial charge in [-0.2, -0.15) is 0 Å². The highest BCUT2D eigenvalue weighted by atomic mass is 35.5. The first-order valence-corrected chi connectivity index (χ1v) is 7.78. The third-order valence-corrected chi connectivity index (χ3v) is 5.10. The van der Waals surface area contributed by atoms with Crippen LogP contribution in [0.1, 0.15) is 20.3 Å². The fourth-order valence-electron chi connectivity index (χ4n) is 2.18. The molecule has 2 aliphatic rings. The van der Waals surface area contributed by atoms with Crippen LogP contribution in [0.3, 0.4) is 0 Å². The highest BCUT2D eigenvalue weighted by Gasteiger charge is 2.69. The number of carbonyl (C=O) groups excluding carboxylic acids is 2. The number of anilines is 1. The van der Waals surface area contributed by atoms with E-state index in [1.165, 1.54) is 6.92 Å². The Morgan fingerprint density at radius 3 is 2.61 bits per heavy atom. The van der Waals surface area contributed by atoms with Crippen LogP contribution in [0, 0.1) is 5.41 Å². The number of rotatable bonds is 4. The maximum atomic E-state index is 12.1. The van der Waals surface area contributed by atoms with Gasteiger partial charge in [0.1, 0.15) is 9.75 Å². The van der Waals surface area contributed by atoms with Crippen molar-refractivity contribution >= 4 is 40.8 Å². The zero-order valence-corrected chi connectivity index (χ0v) is 14.0. The lowest BCUT2D eigenvalue weighted by atomic mass is 10.1. The molecule has 1 fully saturated rings. The van der Waals surface area contributed by atoms with E-state index in [-0.39, 0.29) is 6.79 Å². The first-order chi connectivity index (χ1) is 10.7. The van der Waals surface area contributed by atoms with Crippen LogP contribution in [0.5, 0.6) is 11.5 Å². The van der Waals surface area contributed by atoms with Crippen LogP contribution >= 0.6 is 23.2 Å². The van der Waals surface area contributed by atoms with Crippen LogP contribution in [-0.2, 0) is 14.3 Å². The second-order valence-electron chi connectivity index (χ2n) is 5.82. The molecule has 1 aromatic carbocycles. The lowest BCUT2D eigenvalue weighted by Crippen LogP contribution is -2.33. The lowest BCUT2D eigenvalue weighted by molar-refractivity contribution is -0.158. The smallest absolute Gasteiger partial charge is 0.315 e. The van der Waals surface area contributed by atoms with E-state index in [0.29, 0.717) is 23.6 Å². The van der Waals surface area contributed by atoms with Crippen molar-refractivity contribution in [2.45, 2.75) is 30.7 Å². The van der Waals surface area contributed by atoms with Crippen molar-refractivity contribution in [2.24, 2.45) is 5.41 Å². The SMILES string of the molecule is C[C@@H](OC(=O)[C@@]1(C)CC1(Cl)Cl)C(=O)Nc1ccc2c(c1)OCO2. The molecule has 1 amide bonds. The van der Waals surface area contributed by atoms with Crippen molar-refractivity contribution in [2.75, 3.05) is 12.1 Å². The van der Waals surface area contributed by atoms with Gasteiger partial charge in [-0.15, -0.1) is 23.2 Å². The van der Waals surface area contributed by atoms with Gasteiger partial charge < -0.3 is 19.5 Å². The summed E-state index contributed by atoms with van der Waals surface area (Å²) in [5, 5.41) is 2.65. The minimum atomic E-state index is -1.13. The molecule has 0 aromatic heterocycles. The second-order valence-corrected chi connectivity index (χ2v) is 7.30. The molecule has 0 spiro atoms. The van der Waals surface area contributed by atoms with E-state index in [4.69, 9.17) is 37.4 Å². The van der Waals surface area contributed by atoms with Gasteiger partial charge in [0.15, 0.2) is 17.6 Å². The second kappa shape index (κ2) is 5.46. The number of halogens is 2. The fourth-order valence-corrected chi connectivity index (χ4v) is 2.87. The summed E-state index contributed by atoms with van der Waals surface area (Å²) in [6, 6.07) is 5.00. The Kier molecular flexibility index (Phi) is 3.84. The molecule has 23 heavy (non-hydrogen) atoms. The Bertz CT molecular complexity index is 678. The highest BCUT2D eigenvalue weighted by molar-refractivity contribution is 6.53. The van der Waals surface area contributed by atoms with E-state index in [1.54, 1.807) is 25.1 Å². The molecule has 124 valence electrons. The molecule has 1 aliphatic heterocycles. The summed E-state index contributed by atoms with van der Waals surface area (Å²) in [6.45, 7) is 3.24. The number of ether oxygens (including phenoxy) is 3. The molecule has 0 bridgehead atoms. The van der Waals surface area contributed by atoms with Crippen LogP contribution in [0.4, 0.5) is 5.69 Å². The Morgan fingerprint density at radius 2 is 1.96 bits per heavy atom. The van der Waals surface area contributed by atoms with Crippen LogP contribution in [0.15, 0.2) is 18.2 Å². The van der Waals surface area contributed by atoms with E-state index in [1.807, 2.05) is 0 Å². The molecule has 1 N–H and O–H groups in total. The number of hydrogen-bond donors (Lipinski definition) is 1. The summed E-state index contributed by atoms with van der Waals surface area (Å²) in [6.07, 6.45) is -0.673. The van der Waals surface area contributed by atoms with Crippen LogP contribution in [0.2, 0.25) is 0 Å². The van der Waals surface area contributed by atoms with Gasteiger partial charge in [0.05, 0.1) is 0 Å². The molecule has 1 aliphatic carbocycles. The fraction of sp³-hybridized carbons (Fsp3) is 0.467. The summed E-state index contributed by atoms with van der Waals surface area (Å²) in [5.41, 5.74) is -0.451. The maximum Gasteiger partial charge on any atom is 0.315 e. The monoisotopic (exact) mass is 359 g/mol. The molecule has 6 nitrogen and oxygen atoms in total. The zero-order chi connectivity index (χ0) is 16.8. The Morgan fingerprint density at radius 1 is 1.30 bits per heavy atom. The van der Waals surface area contributed by atoms with Gasteiger partial charge in [0.25, 0.3) is 5.91 Å². The van der Waals surface area contributed by atoms with Crippen molar-refractivity contribution < 1.29 is 23.8 Å². The molecule has 0 radical (unpaired) electrons. The first kappa shape index (κ1) is 16.2. The van der Waals surface area contributed by atoms with E-state index < -0.39 is 27.7 Å². The van der Waals surface area contributed by atoms with Crippen molar-refractivity contribution in [3.05, 3.63) is 18.2 Å². The number of carbonyl (C=O) groups is 2. The quantitative estimate of drug-likeness (QED) is 0.660. The number of amides is 1. The molecule has 3 rings (SSSR count). The summed E-state index contributed by atoms with van der Waals surface area (Å²) in [5.74, 6) is 0.115. The van der Waals surface area contributed by atoms with Gasteiger partial charge in [0, 0.05) is 18.2 Å². The van der Waals surface area contributed by atoms with Gasteiger partial charge >= 0.3 is 5.97 Å². The van der Waals surface area contributed by atoms with Gasteiger partial charge in [-0.3, -0.25) is 9.59 Å². The van der Waals surface area contributed by atoms with Crippen molar-refractivity contribution in [1.29, 1.82) is 0 Å². The molecule has 1 aromatic rings. The topological polar surface area (TPSA) is 73.9 Å². The summed E-state index contributed by atoms with van der Waals surface area (Å²) < 4.78 is 14.5. The normalized spacial score (nSPS) is 24.7. The predicted octanol–water partition coefficient (Wildman–Crippen LogP) is 2.87. The Balaban J connectivity index is 1.59. The van der Waals surface area contributed by atoms with E-state index in [0.717, 1.165) is 0 Å². The Hall–Kier alpha value is -1.66. The van der Waals surface area contributed by atoms with Crippen LogP contribution in [0.25, 0.3) is 0 Å². The van der Waals surface area contributed by atoms with Gasteiger partial charge in [-0.1, -0.05) is 0 Å². The molecular weight excluding hydrogens is 345 g/mol. The summed E-state index contributed by atoms with van der Waals surface area (Å²) in [4.78, 5) is 24.2. The van der Waals surface area contributed by atoms with Crippen molar-refractivity contribution in [3.63, 3.8) is 0 Å². The molecule has 0 unspecified atom stereocenters. The maximum absolute atomic E-state index is 12.1. The Labute approximate surface area is 143 Å². The summed E-state index contributed by atoms with van der Waals surface area (Å²) in [7, 11) is 0. The van der Waals surface area contributed by atoms with Crippen molar-refractivity contribution in [3.8, 4) is 11.5 Å². The van der Waals surface area contributed by atoms with Crippen LogP contribution in [-0.4, -0.2) is 29.1 Å². The van der Waals surface area contributed by atoms with E-state index in [2.05, 4.69) is 5.32 Å². The minimum Gasteiger partial charge on any atom is -0.454 e. The largest absolute Gasteiger partial charge is 0.454 e. The molecular formula is C15H15Cl2NO5. The first-order valence-electron chi connectivity index (χ1n) is 7.02. The zero-order valence-electron chi connectivity index (χ0n) is 12.5. The average Bonchev–Trinajstić information content (AvgIpc) is 2.85. The number of esters is 1. The highest BCUT2D eigenvalue weighted by Crippen LogP contribution is 2.64. The van der Waals surface area contributed by atoms with Crippen LogP contribution < -0.4 is 14.8 Å². The van der Waals surface area contributed by atoms with E-state index >= 15 is 0 Å². The number of benzene rings is 1. The van der Waals surface area contributed by atoms with E-state index in [9.17, 15) is 9.59 Å². The van der Waals surface area contributed by atoms with Gasteiger partial charge in [-0.05, 0) is 26.0 Å². The summed E-state index contributed by atoms with van der Waals surface area (Å²) >= 11 is 11.9. The average molecular weight is 360 g/mol. The van der Waals surface area contributed by atoms with Gasteiger partial charge in [-0.25, -0.2) is 0 Å². The third-order valence-electron chi connectivity index (χ3n) is 4.00. The molecule has 8 heteroatoms. The number of nitrogens with one attached hydrogen (secondary N) is 1. The number of alkyl halides is 2. The molecule has 1 heterocycles. The van der Waals surface area contributed by atoms with Gasteiger partial charge in [0.2, 0.25) is 6.79 Å². The third kappa shape index (κ3) is 2.93. The lowest BCUT2D eigenvalue weighted by Gasteiger charge is -2.17. The number of hydrogen-bond acceptors (Lipinski definition) is 5. The minimum absolute atomic E-state index is 0.151.